The summed E-state index contributed by atoms with van der Waals surface area (Å²) in [6, 6.07) is 13.7. The van der Waals surface area contributed by atoms with Gasteiger partial charge in [-0.3, -0.25) is 10.1 Å². The van der Waals surface area contributed by atoms with Crippen LogP contribution in [-0.4, -0.2) is 36.2 Å². The van der Waals surface area contributed by atoms with E-state index in [4.69, 9.17) is 4.74 Å². The van der Waals surface area contributed by atoms with Crippen LogP contribution in [0.3, 0.4) is 0 Å². The van der Waals surface area contributed by atoms with Gasteiger partial charge in [0.2, 0.25) is 0 Å². The van der Waals surface area contributed by atoms with Crippen LogP contribution in [0.5, 0.6) is 0 Å². The molecule has 1 saturated heterocycles. The zero-order valence-electron chi connectivity index (χ0n) is 16.1. The maximum atomic E-state index is 11.6. The number of rotatable bonds is 6. The Morgan fingerprint density at radius 2 is 1.90 bits per heavy atom. The van der Waals surface area contributed by atoms with Gasteiger partial charge in [-0.2, -0.15) is 5.26 Å². The predicted octanol–water partition coefficient (Wildman–Crippen LogP) is 3.96. The van der Waals surface area contributed by atoms with Gasteiger partial charge in [-0.25, -0.2) is 0 Å². The molecule has 29 heavy (non-hydrogen) atoms. The molecule has 0 bridgehead atoms. The van der Waals surface area contributed by atoms with Crippen molar-refractivity contribution in [2.75, 3.05) is 31.2 Å². The summed E-state index contributed by atoms with van der Waals surface area (Å²) in [4.78, 5) is 16.4. The molecule has 0 saturated carbocycles. The molecular weight excluding hydrogens is 368 g/mol. The van der Waals surface area contributed by atoms with Gasteiger partial charge in [0.25, 0.3) is 5.69 Å². The number of aromatic amines is 1. The maximum absolute atomic E-state index is 11.6. The largest absolute Gasteiger partial charge is 0.378 e. The Bertz CT molecular complexity index is 1080. The zero-order chi connectivity index (χ0) is 20.2. The minimum atomic E-state index is -0.401. The highest BCUT2D eigenvalue weighted by Crippen LogP contribution is 2.35. The van der Waals surface area contributed by atoms with Gasteiger partial charge in [-0.15, -0.1) is 0 Å². The molecule has 1 aromatic heterocycles. The molecule has 7 nitrogen and oxygen atoms in total. The number of fused-ring (bicyclic) bond motifs is 1. The SMILES string of the molecule is N#Cc1c(CCCc2c[nH]c3ccccc23)ccc([N+](=O)[O-])c1N1CCOCC1. The number of morpholine rings is 1. The van der Waals surface area contributed by atoms with Crippen LogP contribution in [0.4, 0.5) is 11.4 Å². The van der Waals surface area contributed by atoms with Gasteiger partial charge in [0.15, 0.2) is 0 Å². The highest BCUT2D eigenvalue weighted by Gasteiger charge is 2.27. The van der Waals surface area contributed by atoms with Gasteiger partial charge in [0.1, 0.15) is 11.8 Å². The van der Waals surface area contributed by atoms with Crippen molar-refractivity contribution >= 4 is 22.3 Å². The van der Waals surface area contributed by atoms with E-state index >= 15 is 0 Å². The van der Waals surface area contributed by atoms with Crippen molar-refractivity contribution in [3.63, 3.8) is 0 Å². The Morgan fingerprint density at radius 1 is 1.14 bits per heavy atom. The molecule has 1 aliphatic heterocycles. The van der Waals surface area contributed by atoms with E-state index in [1.165, 1.54) is 17.0 Å². The van der Waals surface area contributed by atoms with Crippen molar-refractivity contribution in [2.45, 2.75) is 19.3 Å². The second-order valence-electron chi connectivity index (χ2n) is 7.15. The Labute approximate surface area is 168 Å². The standard InChI is InChI=1S/C22H22N4O3/c23-14-19-16(4-3-5-17-15-24-20-7-2-1-6-18(17)20)8-9-21(26(27)28)22(19)25-10-12-29-13-11-25/h1-2,6-9,15,24H,3-5,10-13H2. The number of para-hydroxylation sites is 1. The summed E-state index contributed by atoms with van der Waals surface area (Å²) in [6.07, 6.45) is 4.46. The first-order valence-corrected chi connectivity index (χ1v) is 9.77. The van der Waals surface area contributed by atoms with E-state index in [2.05, 4.69) is 23.2 Å². The Kier molecular flexibility index (Phi) is 5.45. The van der Waals surface area contributed by atoms with Crippen LogP contribution in [0.1, 0.15) is 23.1 Å². The Hall–Kier alpha value is -3.37. The van der Waals surface area contributed by atoms with Crippen molar-refractivity contribution < 1.29 is 9.66 Å². The molecule has 148 valence electrons. The number of hydrogen-bond acceptors (Lipinski definition) is 5. The fourth-order valence-electron chi connectivity index (χ4n) is 4.02. The molecule has 0 unspecified atom stereocenters. The third kappa shape index (κ3) is 3.80. The van der Waals surface area contributed by atoms with E-state index in [0.29, 0.717) is 44.0 Å². The molecule has 1 N–H and O–H groups in total. The van der Waals surface area contributed by atoms with Crippen LogP contribution < -0.4 is 4.90 Å². The first kappa shape index (κ1) is 19.0. The fraction of sp³-hybridized carbons (Fsp3) is 0.318. The van der Waals surface area contributed by atoms with Crippen molar-refractivity contribution in [1.29, 1.82) is 5.26 Å². The van der Waals surface area contributed by atoms with E-state index in [1.807, 2.05) is 23.2 Å². The lowest BCUT2D eigenvalue weighted by molar-refractivity contribution is -0.384. The third-order valence-electron chi connectivity index (χ3n) is 5.45. The number of nitro groups is 1. The average Bonchev–Trinajstić information content (AvgIpc) is 3.17. The van der Waals surface area contributed by atoms with E-state index < -0.39 is 4.92 Å². The van der Waals surface area contributed by atoms with Gasteiger partial charge in [0, 0.05) is 36.3 Å². The number of hydrogen-bond donors (Lipinski definition) is 1. The lowest BCUT2D eigenvalue weighted by atomic mass is 9.97. The molecule has 1 fully saturated rings. The lowest BCUT2D eigenvalue weighted by Crippen LogP contribution is -2.37. The summed E-state index contributed by atoms with van der Waals surface area (Å²) in [5, 5.41) is 22.6. The molecule has 0 atom stereocenters. The van der Waals surface area contributed by atoms with Crippen LogP contribution in [0.2, 0.25) is 0 Å². The van der Waals surface area contributed by atoms with Gasteiger partial charge < -0.3 is 14.6 Å². The molecular formula is C22H22N4O3. The first-order valence-electron chi connectivity index (χ1n) is 9.77. The van der Waals surface area contributed by atoms with Crippen molar-refractivity contribution in [2.24, 2.45) is 0 Å². The monoisotopic (exact) mass is 390 g/mol. The van der Waals surface area contributed by atoms with Crippen LogP contribution in [0.25, 0.3) is 10.9 Å². The molecule has 0 amide bonds. The van der Waals surface area contributed by atoms with E-state index in [1.54, 1.807) is 6.07 Å². The highest BCUT2D eigenvalue weighted by molar-refractivity contribution is 5.83. The number of nitrogens with one attached hydrogen (secondary N) is 1. The Balaban J connectivity index is 1.58. The lowest BCUT2D eigenvalue weighted by Gasteiger charge is -2.29. The van der Waals surface area contributed by atoms with E-state index in [0.717, 1.165) is 23.9 Å². The Morgan fingerprint density at radius 3 is 2.66 bits per heavy atom. The van der Waals surface area contributed by atoms with E-state index in [9.17, 15) is 15.4 Å². The van der Waals surface area contributed by atoms with Crippen molar-refractivity contribution in [1.82, 2.24) is 4.98 Å². The summed E-state index contributed by atoms with van der Waals surface area (Å²) < 4.78 is 5.37. The van der Waals surface area contributed by atoms with Gasteiger partial charge in [-0.1, -0.05) is 24.3 Å². The van der Waals surface area contributed by atoms with Crippen LogP contribution in [-0.2, 0) is 17.6 Å². The number of nitro benzene ring substituents is 1. The topological polar surface area (TPSA) is 95.2 Å². The highest BCUT2D eigenvalue weighted by atomic mass is 16.6. The summed E-state index contributed by atoms with van der Waals surface area (Å²) in [6.45, 7) is 2.11. The molecule has 2 heterocycles. The molecule has 0 aliphatic carbocycles. The predicted molar refractivity (Wildman–Crippen MR) is 111 cm³/mol. The number of nitrogens with zero attached hydrogens (tertiary/aromatic N) is 3. The number of nitriles is 1. The smallest absolute Gasteiger partial charge is 0.293 e. The number of benzene rings is 2. The number of aryl methyl sites for hydroxylation is 2. The fourth-order valence-corrected chi connectivity index (χ4v) is 4.02. The quantitative estimate of drug-likeness (QED) is 0.508. The second-order valence-corrected chi connectivity index (χ2v) is 7.15. The third-order valence-corrected chi connectivity index (χ3v) is 5.45. The van der Waals surface area contributed by atoms with Gasteiger partial charge >= 0.3 is 0 Å². The molecule has 1 aliphatic rings. The number of ether oxygens (including phenoxy) is 1. The minimum absolute atomic E-state index is 0.0103. The number of aromatic nitrogens is 1. The average molecular weight is 390 g/mol. The molecule has 7 heteroatoms. The normalized spacial score (nSPS) is 14.1. The van der Waals surface area contributed by atoms with Crippen molar-refractivity contribution in [3.05, 3.63) is 69.4 Å². The summed E-state index contributed by atoms with van der Waals surface area (Å²) in [5.41, 5.74) is 4.06. The molecule has 3 aromatic rings. The van der Waals surface area contributed by atoms with Gasteiger partial charge in [-0.05, 0) is 36.5 Å². The molecule has 2 aromatic carbocycles. The number of anilines is 1. The minimum Gasteiger partial charge on any atom is -0.378 e. The summed E-state index contributed by atoms with van der Waals surface area (Å²) in [7, 11) is 0. The maximum Gasteiger partial charge on any atom is 0.293 e. The van der Waals surface area contributed by atoms with Crippen molar-refractivity contribution in [3.8, 4) is 6.07 Å². The van der Waals surface area contributed by atoms with Crippen LogP contribution in [0.15, 0.2) is 42.6 Å². The van der Waals surface area contributed by atoms with Crippen LogP contribution >= 0.6 is 0 Å². The zero-order valence-corrected chi connectivity index (χ0v) is 16.1. The molecule has 4 rings (SSSR count). The molecule has 0 spiro atoms. The van der Waals surface area contributed by atoms with Crippen LogP contribution in [0, 0.1) is 21.4 Å². The first-order chi connectivity index (χ1) is 14.2. The van der Waals surface area contributed by atoms with Gasteiger partial charge in [0.05, 0.1) is 23.7 Å². The number of H-pyrrole nitrogens is 1. The van der Waals surface area contributed by atoms with E-state index in [-0.39, 0.29) is 5.69 Å². The molecule has 0 radical (unpaired) electrons. The second kappa shape index (κ2) is 8.33. The summed E-state index contributed by atoms with van der Waals surface area (Å²) in [5.74, 6) is 0. The summed E-state index contributed by atoms with van der Waals surface area (Å²) >= 11 is 0.